The summed E-state index contributed by atoms with van der Waals surface area (Å²) in [5, 5.41) is 12.7. The van der Waals surface area contributed by atoms with E-state index >= 15 is 0 Å². The van der Waals surface area contributed by atoms with Crippen LogP contribution in [0.2, 0.25) is 0 Å². The molecule has 1 saturated carbocycles. The maximum Gasteiger partial charge on any atom is 0.255 e. The number of amides is 1. The molecule has 0 saturated heterocycles. The number of nitrogens with two attached hydrogens (primary N) is 1. The highest BCUT2D eigenvalue weighted by atomic mass is 79.9. The Kier molecular flexibility index (Phi) is 5.64. The highest BCUT2D eigenvalue weighted by molar-refractivity contribution is 9.10. The van der Waals surface area contributed by atoms with Gasteiger partial charge in [0, 0.05) is 11.0 Å². The van der Waals surface area contributed by atoms with Crippen LogP contribution in [0.3, 0.4) is 0 Å². The lowest BCUT2D eigenvalue weighted by Gasteiger charge is -2.28. The van der Waals surface area contributed by atoms with Gasteiger partial charge in [0.25, 0.3) is 5.91 Å². The monoisotopic (exact) mass is 348 g/mol. The van der Waals surface area contributed by atoms with E-state index in [9.17, 15) is 9.90 Å². The Morgan fingerprint density at radius 2 is 2.05 bits per heavy atom. The third-order valence-corrected chi connectivity index (χ3v) is 4.03. The first-order valence-corrected chi connectivity index (χ1v) is 6.87. The van der Waals surface area contributed by atoms with Crippen LogP contribution in [0.1, 0.15) is 36.0 Å². The fourth-order valence-electron chi connectivity index (χ4n) is 2.43. The molecule has 0 radical (unpaired) electrons. The molecule has 106 valence electrons. The van der Waals surface area contributed by atoms with Gasteiger partial charge in [-0.25, -0.2) is 0 Å². The summed E-state index contributed by atoms with van der Waals surface area (Å²) in [4.78, 5) is 12.2. The number of benzene rings is 1. The van der Waals surface area contributed by atoms with Crippen LogP contribution in [0.4, 0.5) is 0 Å². The SMILES string of the molecule is Cl.NCC1(NC(=O)c2cc(Br)ccc2O)CCCC1. The molecule has 1 aliphatic rings. The average Bonchev–Trinajstić information content (AvgIpc) is 2.81. The Morgan fingerprint density at radius 1 is 1.42 bits per heavy atom. The second-order valence-electron chi connectivity index (χ2n) is 4.81. The van der Waals surface area contributed by atoms with E-state index in [-0.39, 0.29) is 35.2 Å². The molecule has 1 aromatic carbocycles. The number of carbonyl (C=O) groups is 1. The summed E-state index contributed by atoms with van der Waals surface area (Å²) in [5.41, 5.74) is 5.76. The van der Waals surface area contributed by atoms with Gasteiger partial charge >= 0.3 is 0 Å². The van der Waals surface area contributed by atoms with E-state index in [4.69, 9.17) is 5.73 Å². The zero-order valence-electron chi connectivity index (χ0n) is 10.5. The first-order valence-electron chi connectivity index (χ1n) is 6.07. The van der Waals surface area contributed by atoms with Crippen LogP contribution in [0, 0.1) is 0 Å². The van der Waals surface area contributed by atoms with Gasteiger partial charge in [0.2, 0.25) is 0 Å². The minimum atomic E-state index is -0.300. The normalized spacial score (nSPS) is 16.7. The van der Waals surface area contributed by atoms with Crippen molar-refractivity contribution in [3.63, 3.8) is 0 Å². The van der Waals surface area contributed by atoms with Gasteiger partial charge in [-0.05, 0) is 31.0 Å². The molecule has 0 atom stereocenters. The largest absolute Gasteiger partial charge is 0.507 e. The van der Waals surface area contributed by atoms with Crippen molar-refractivity contribution in [2.75, 3.05) is 6.54 Å². The van der Waals surface area contributed by atoms with E-state index < -0.39 is 0 Å². The van der Waals surface area contributed by atoms with Gasteiger partial charge in [0.15, 0.2) is 0 Å². The third kappa shape index (κ3) is 3.61. The highest BCUT2D eigenvalue weighted by Gasteiger charge is 2.34. The quantitative estimate of drug-likeness (QED) is 0.785. The zero-order chi connectivity index (χ0) is 13.2. The summed E-state index contributed by atoms with van der Waals surface area (Å²) < 4.78 is 0.763. The number of phenolic OH excluding ortho intramolecular Hbond substituents is 1. The Morgan fingerprint density at radius 3 is 2.63 bits per heavy atom. The number of phenols is 1. The predicted octanol–water partition coefficient (Wildman–Crippen LogP) is 2.58. The Hall–Kier alpha value is -0.780. The van der Waals surface area contributed by atoms with Crippen molar-refractivity contribution in [2.45, 2.75) is 31.2 Å². The molecule has 1 aromatic rings. The summed E-state index contributed by atoms with van der Waals surface area (Å²) in [7, 11) is 0. The third-order valence-electron chi connectivity index (χ3n) is 3.53. The molecule has 0 spiro atoms. The number of rotatable bonds is 3. The molecular formula is C13H18BrClN2O2. The standard InChI is InChI=1S/C13H17BrN2O2.ClH/c14-9-3-4-11(17)10(7-9)12(18)16-13(8-15)5-1-2-6-13;/h3-4,7,17H,1-2,5-6,8,15H2,(H,16,18);1H. The van der Waals surface area contributed by atoms with Crippen LogP contribution < -0.4 is 11.1 Å². The Labute approximate surface area is 127 Å². The van der Waals surface area contributed by atoms with E-state index in [0.717, 1.165) is 30.2 Å². The summed E-state index contributed by atoms with van der Waals surface area (Å²) >= 11 is 3.29. The number of hydrogen-bond acceptors (Lipinski definition) is 3. The number of halogens is 2. The molecule has 2 rings (SSSR count). The highest BCUT2D eigenvalue weighted by Crippen LogP contribution is 2.30. The molecule has 19 heavy (non-hydrogen) atoms. The topological polar surface area (TPSA) is 75.3 Å². The lowest BCUT2D eigenvalue weighted by atomic mass is 9.97. The fourth-order valence-corrected chi connectivity index (χ4v) is 2.79. The minimum Gasteiger partial charge on any atom is -0.507 e. The van der Waals surface area contributed by atoms with E-state index in [2.05, 4.69) is 21.2 Å². The van der Waals surface area contributed by atoms with Crippen molar-refractivity contribution in [1.29, 1.82) is 0 Å². The van der Waals surface area contributed by atoms with Crippen LogP contribution in [0.25, 0.3) is 0 Å². The van der Waals surface area contributed by atoms with Crippen molar-refractivity contribution in [3.8, 4) is 5.75 Å². The number of hydrogen-bond donors (Lipinski definition) is 3. The number of carbonyl (C=O) groups excluding carboxylic acids is 1. The lowest BCUT2D eigenvalue weighted by Crippen LogP contribution is -2.51. The van der Waals surface area contributed by atoms with Gasteiger partial charge in [-0.15, -0.1) is 12.4 Å². The molecule has 4 nitrogen and oxygen atoms in total. The fraction of sp³-hybridized carbons (Fsp3) is 0.462. The Balaban J connectivity index is 0.00000180. The first-order chi connectivity index (χ1) is 8.56. The molecular weight excluding hydrogens is 332 g/mol. The summed E-state index contributed by atoms with van der Waals surface area (Å²) in [6, 6.07) is 4.81. The van der Waals surface area contributed by atoms with Crippen LogP contribution in [0.15, 0.2) is 22.7 Å². The van der Waals surface area contributed by atoms with Gasteiger partial charge in [-0.3, -0.25) is 4.79 Å². The molecule has 0 heterocycles. The molecule has 4 N–H and O–H groups in total. The Bertz CT molecular complexity index is 462. The summed E-state index contributed by atoms with van der Waals surface area (Å²) in [6.07, 6.45) is 3.98. The second kappa shape index (κ2) is 6.59. The summed E-state index contributed by atoms with van der Waals surface area (Å²) in [5.74, 6) is -0.276. The van der Waals surface area contributed by atoms with Crippen LogP contribution in [0.5, 0.6) is 5.75 Å². The molecule has 6 heteroatoms. The van der Waals surface area contributed by atoms with E-state index in [1.165, 1.54) is 6.07 Å². The minimum absolute atomic E-state index is 0. The summed E-state index contributed by atoms with van der Waals surface area (Å²) in [6.45, 7) is 0.438. The lowest BCUT2D eigenvalue weighted by molar-refractivity contribution is 0.0900. The van der Waals surface area contributed by atoms with Gasteiger partial charge < -0.3 is 16.2 Å². The van der Waals surface area contributed by atoms with Gasteiger partial charge in [0.1, 0.15) is 5.75 Å². The van der Waals surface area contributed by atoms with E-state index in [1.807, 2.05) is 0 Å². The van der Waals surface area contributed by atoms with Crippen molar-refractivity contribution in [2.24, 2.45) is 5.73 Å². The molecule has 1 aliphatic carbocycles. The van der Waals surface area contributed by atoms with Crippen molar-refractivity contribution in [1.82, 2.24) is 5.32 Å². The maximum atomic E-state index is 12.2. The molecule has 0 aliphatic heterocycles. The zero-order valence-corrected chi connectivity index (χ0v) is 12.9. The first kappa shape index (κ1) is 16.3. The van der Waals surface area contributed by atoms with E-state index in [1.54, 1.807) is 12.1 Å². The molecule has 0 bridgehead atoms. The van der Waals surface area contributed by atoms with Crippen molar-refractivity contribution >= 4 is 34.2 Å². The molecule has 1 amide bonds. The van der Waals surface area contributed by atoms with Crippen molar-refractivity contribution < 1.29 is 9.90 Å². The predicted molar refractivity (Wildman–Crippen MR) is 80.8 cm³/mol. The molecule has 0 aromatic heterocycles. The van der Waals surface area contributed by atoms with Crippen LogP contribution in [-0.4, -0.2) is 23.1 Å². The van der Waals surface area contributed by atoms with Crippen LogP contribution >= 0.6 is 28.3 Å². The molecule has 0 unspecified atom stereocenters. The number of nitrogens with one attached hydrogen (secondary N) is 1. The molecule has 1 fully saturated rings. The van der Waals surface area contributed by atoms with Crippen molar-refractivity contribution in [3.05, 3.63) is 28.2 Å². The maximum absolute atomic E-state index is 12.2. The van der Waals surface area contributed by atoms with E-state index in [0.29, 0.717) is 6.54 Å². The van der Waals surface area contributed by atoms with Gasteiger partial charge in [-0.1, -0.05) is 28.8 Å². The second-order valence-corrected chi connectivity index (χ2v) is 5.72. The average molecular weight is 350 g/mol. The van der Waals surface area contributed by atoms with Gasteiger partial charge in [-0.2, -0.15) is 0 Å². The number of aromatic hydroxyl groups is 1. The smallest absolute Gasteiger partial charge is 0.255 e. The van der Waals surface area contributed by atoms with Crippen LogP contribution in [-0.2, 0) is 0 Å². The van der Waals surface area contributed by atoms with Gasteiger partial charge in [0.05, 0.1) is 11.1 Å².